The number of hydrogen-bond donors (Lipinski definition) is 0. The van der Waals surface area contributed by atoms with Gasteiger partial charge in [0.2, 0.25) is 0 Å². The number of rotatable bonds is 5. The van der Waals surface area contributed by atoms with E-state index in [0.29, 0.717) is 0 Å². The number of para-hydroxylation sites is 3. The Balaban J connectivity index is 1.12. The quantitative estimate of drug-likeness (QED) is 0.168. The van der Waals surface area contributed by atoms with Crippen LogP contribution in [0.1, 0.15) is 0 Å². The van der Waals surface area contributed by atoms with Crippen molar-refractivity contribution in [3.05, 3.63) is 212 Å². The summed E-state index contributed by atoms with van der Waals surface area (Å²) in [5.74, 6) is 0. The van der Waals surface area contributed by atoms with Crippen LogP contribution < -0.4 is 0 Å². The van der Waals surface area contributed by atoms with Crippen molar-refractivity contribution in [1.29, 1.82) is 0 Å². The Morgan fingerprint density at radius 1 is 0.228 bits per heavy atom. The third-order valence-electron chi connectivity index (χ3n) is 11.9. The Morgan fingerprint density at radius 2 is 0.632 bits per heavy atom. The fourth-order valence-corrected chi connectivity index (χ4v) is 9.30. The van der Waals surface area contributed by atoms with Gasteiger partial charge in [-0.3, -0.25) is 0 Å². The lowest BCUT2D eigenvalue weighted by Gasteiger charge is -2.13. The second-order valence-electron chi connectivity index (χ2n) is 14.9. The molecule has 3 heteroatoms. The summed E-state index contributed by atoms with van der Waals surface area (Å²) in [6, 6.07) is 77.4. The maximum atomic E-state index is 2.50. The van der Waals surface area contributed by atoms with Crippen LogP contribution in [0.2, 0.25) is 0 Å². The molecule has 0 N–H and O–H groups in total. The van der Waals surface area contributed by atoms with E-state index in [0.717, 1.165) is 17.1 Å². The molecule has 0 radical (unpaired) electrons. The van der Waals surface area contributed by atoms with Crippen LogP contribution in [0.4, 0.5) is 0 Å². The average Bonchev–Trinajstić information content (AvgIpc) is 3.92. The molecule has 3 heterocycles. The van der Waals surface area contributed by atoms with Gasteiger partial charge in [-0.2, -0.15) is 0 Å². The lowest BCUT2D eigenvalue weighted by molar-refractivity contribution is 1.16. The van der Waals surface area contributed by atoms with E-state index in [1.807, 2.05) is 0 Å². The summed E-state index contributed by atoms with van der Waals surface area (Å²) < 4.78 is 7.36. The highest BCUT2D eigenvalue weighted by molar-refractivity contribution is 6.26. The fourth-order valence-electron chi connectivity index (χ4n) is 9.30. The van der Waals surface area contributed by atoms with Crippen LogP contribution in [0.3, 0.4) is 0 Å². The Labute approximate surface area is 329 Å². The summed E-state index contributed by atoms with van der Waals surface area (Å²) in [4.78, 5) is 0. The van der Waals surface area contributed by atoms with Gasteiger partial charge in [0.25, 0.3) is 0 Å². The maximum absolute atomic E-state index is 2.50. The largest absolute Gasteiger partial charge is 0.309 e. The van der Waals surface area contributed by atoms with Gasteiger partial charge < -0.3 is 13.7 Å². The Bertz CT molecular complexity index is 3470. The van der Waals surface area contributed by atoms with Crippen molar-refractivity contribution < 1.29 is 0 Å². The van der Waals surface area contributed by atoms with Crippen LogP contribution in [-0.2, 0) is 0 Å². The molecule has 0 saturated carbocycles. The van der Waals surface area contributed by atoms with E-state index in [9.17, 15) is 0 Å². The van der Waals surface area contributed by atoms with Gasteiger partial charge in [0.15, 0.2) is 0 Å². The lowest BCUT2D eigenvalue weighted by Crippen LogP contribution is -1.97. The summed E-state index contributed by atoms with van der Waals surface area (Å²) >= 11 is 0. The summed E-state index contributed by atoms with van der Waals surface area (Å²) in [6.45, 7) is 0. The van der Waals surface area contributed by atoms with E-state index in [2.05, 4.69) is 226 Å². The van der Waals surface area contributed by atoms with Crippen LogP contribution in [0.5, 0.6) is 0 Å². The van der Waals surface area contributed by atoms with E-state index in [1.54, 1.807) is 0 Å². The molecule has 3 nitrogen and oxygen atoms in total. The Hall–Kier alpha value is -7.62. The van der Waals surface area contributed by atoms with E-state index < -0.39 is 0 Å². The minimum Gasteiger partial charge on any atom is -0.309 e. The van der Waals surface area contributed by atoms with Gasteiger partial charge >= 0.3 is 0 Å². The van der Waals surface area contributed by atoms with Crippen molar-refractivity contribution in [1.82, 2.24) is 13.7 Å². The SMILES string of the molecule is c1ccc(-c2ccc(-n3c4ccccc4c4ccc(-n5c6ccccc6c6ccc7c(c8ccccc8n7-c7ccc(-c8ccccc8)cc7)c65)cc43)cc2)cc1. The lowest BCUT2D eigenvalue weighted by atomic mass is 10.1. The predicted octanol–water partition coefficient (Wildman–Crippen LogP) is 14.3. The molecule has 0 aliphatic carbocycles. The zero-order valence-corrected chi connectivity index (χ0v) is 31.0. The van der Waals surface area contributed by atoms with Gasteiger partial charge in [0, 0.05) is 49.4 Å². The molecule has 12 rings (SSSR count). The third kappa shape index (κ3) is 4.79. The van der Waals surface area contributed by atoms with Crippen molar-refractivity contribution in [2.75, 3.05) is 0 Å². The standard InChI is InChI=1S/C54H35N3/c1-3-13-36(14-4-1)38-23-27-40(28-24-38)55-50-22-12-9-19-47(50)53-51(55)34-33-46-44-18-8-11-21-49(44)57(54(46)53)42-31-32-45-43-17-7-10-20-48(43)56(52(45)35-42)41-29-25-39(26-30-41)37-15-5-2-6-16-37/h1-35H. The normalized spacial score (nSPS) is 11.9. The molecule has 0 amide bonds. The molecule has 266 valence electrons. The molecule has 0 fully saturated rings. The topological polar surface area (TPSA) is 14.8 Å². The zero-order valence-electron chi connectivity index (χ0n) is 31.0. The van der Waals surface area contributed by atoms with Gasteiger partial charge in [0.1, 0.15) is 0 Å². The van der Waals surface area contributed by atoms with Gasteiger partial charge in [-0.1, -0.05) is 152 Å². The van der Waals surface area contributed by atoms with Crippen molar-refractivity contribution in [3.8, 4) is 39.3 Å². The minimum atomic E-state index is 1.13. The van der Waals surface area contributed by atoms with Crippen molar-refractivity contribution in [3.63, 3.8) is 0 Å². The second kappa shape index (κ2) is 12.5. The second-order valence-corrected chi connectivity index (χ2v) is 14.9. The first-order valence-electron chi connectivity index (χ1n) is 19.6. The molecule has 3 aromatic heterocycles. The first-order valence-corrected chi connectivity index (χ1v) is 19.6. The van der Waals surface area contributed by atoms with Gasteiger partial charge in [0.05, 0.1) is 33.1 Å². The zero-order chi connectivity index (χ0) is 37.5. The van der Waals surface area contributed by atoms with Crippen LogP contribution in [-0.4, -0.2) is 13.7 Å². The fraction of sp³-hybridized carbons (Fsp3) is 0. The molecule has 0 bridgehead atoms. The molecule has 0 aliphatic heterocycles. The minimum absolute atomic E-state index is 1.13. The molecule has 12 aromatic rings. The highest BCUT2D eigenvalue weighted by atomic mass is 15.0. The molecular weight excluding hydrogens is 691 g/mol. The van der Waals surface area contributed by atoms with Gasteiger partial charge in [-0.05, 0) is 82.9 Å². The first-order chi connectivity index (χ1) is 28.3. The highest BCUT2D eigenvalue weighted by Gasteiger charge is 2.22. The summed E-state index contributed by atoms with van der Waals surface area (Å²) in [5.41, 5.74) is 15.5. The highest BCUT2D eigenvalue weighted by Crippen LogP contribution is 2.43. The molecule has 0 spiro atoms. The number of aromatic nitrogens is 3. The molecule has 57 heavy (non-hydrogen) atoms. The summed E-state index contributed by atoms with van der Waals surface area (Å²) in [5, 5.41) is 7.47. The summed E-state index contributed by atoms with van der Waals surface area (Å²) in [6.07, 6.45) is 0. The van der Waals surface area contributed by atoms with Crippen LogP contribution in [0, 0.1) is 0 Å². The molecular formula is C54H35N3. The first kappa shape index (κ1) is 31.7. The molecule has 0 saturated heterocycles. The van der Waals surface area contributed by atoms with Crippen LogP contribution in [0.25, 0.3) is 105 Å². The molecule has 0 unspecified atom stereocenters. The Kier molecular flexibility index (Phi) is 6.93. The molecule has 0 atom stereocenters. The smallest absolute Gasteiger partial charge is 0.0641 e. The van der Waals surface area contributed by atoms with Gasteiger partial charge in [-0.15, -0.1) is 0 Å². The van der Waals surface area contributed by atoms with E-state index in [-0.39, 0.29) is 0 Å². The summed E-state index contributed by atoms with van der Waals surface area (Å²) in [7, 11) is 0. The van der Waals surface area contributed by atoms with Crippen molar-refractivity contribution in [2.45, 2.75) is 0 Å². The number of benzene rings is 9. The average molecular weight is 726 g/mol. The number of fused-ring (bicyclic) bond motifs is 10. The number of hydrogen-bond acceptors (Lipinski definition) is 0. The van der Waals surface area contributed by atoms with E-state index in [4.69, 9.17) is 0 Å². The monoisotopic (exact) mass is 725 g/mol. The van der Waals surface area contributed by atoms with Crippen LogP contribution >= 0.6 is 0 Å². The van der Waals surface area contributed by atoms with Crippen LogP contribution in [0.15, 0.2) is 212 Å². The van der Waals surface area contributed by atoms with E-state index >= 15 is 0 Å². The molecule has 0 aliphatic rings. The van der Waals surface area contributed by atoms with Gasteiger partial charge in [-0.25, -0.2) is 0 Å². The van der Waals surface area contributed by atoms with Crippen molar-refractivity contribution in [2.24, 2.45) is 0 Å². The van der Waals surface area contributed by atoms with E-state index in [1.165, 1.54) is 87.7 Å². The predicted molar refractivity (Wildman–Crippen MR) is 240 cm³/mol. The number of nitrogens with zero attached hydrogens (tertiary/aromatic N) is 3. The maximum Gasteiger partial charge on any atom is 0.0641 e. The van der Waals surface area contributed by atoms with Crippen molar-refractivity contribution >= 4 is 65.4 Å². The Morgan fingerprint density at radius 3 is 1.23 bits per heavy atom. The third-order valence-corrected chi connectivity index (χ3v) is 11.9. The molecule has 9 aromatic carbocycles.